The molecule has 1 aromatic carbocycles. The maximum atomic E-state index is 12.2. The van der Waals surface area contributed by atoms with Crippen LogP contribution < -0.4 is 5.32 Å². The Morgan fingerprint density at radius 1 is 1.42 bits per heavy atom. The highest BCUT2D eigenvalue weighted by molar-refractivity contribution is 6.30. The summed E-state index contributed by atoms with van der Waals surface area (Å²) in [4.78, 5) is 14.4. The van der Waals surface area contributed by atoms with Gasteiger partial charge in [0.25, 0.3) is 0 Å². The molecule has 0 radical (unpaired) electrons. The summed E-state index contributed by atoms with van der Waals surface area (Å²) in [6.07, 6.45) is 3.09. The Labute approximate surface area is 146 Å². The topological polar surface area (TPSA) is 61.0 Å². The maximum absolute atomic E-state index is 12.2. The standard InChI is InChI=1S/C18H21ClN4O/c1-12-18(13(2)22-21-12)20-17(24)11-23-8-6-14(7-9-23)15-4-3-5-16(19)10-15/h3-6,10H,7-9,11H2,1-2H3,(H,20,24)(H,21,22). The molecular formula is C18H21ClN4O. The number of H-pyrrole nitrogens is 1. The fourth-order valence-corrected chi connectivity index (χ4v) is 3.11. The Morgan fingerprint density at radius 2 is 2.25 bits per heavy atom. The lowest BCUT2D eigenvalue weighted by Gasteiger charge is -2.26. The average molecular weight is 345 g/mol. The van der Waals surface area contributed by atoms with E-state index in [2.05, 4.69) is 32.6 Å². The smallest absolute Gasteiger partial charge is 0.238 e. The number of nitrogens with zero attached hydrogens (tertiary/aromatic N) is 2. The molecule has 24 heavy (non-hydrogen) atoms. The summed E-state index contributed by atoms with van der Waals surface area (Å²) in [6.45, 7) is 5.77. The van der Waals surface area contributed by atoms with E-state index >= 15 is 0 Å². The van der Waals surface area contributed by atoms with Gasteiger partial charge in [0, 0.05) is 18.1 Å². The third-order valence-electron chi connectivity index (χ3n) is 4.25. The van der Waals surface area contributed by atoms with Gasteiger partial charge in [0.1, 0.15) is 0 Å². The number of aryl methyl sites for hydroxylation is 2. The van der Waals surface area contributed by atoms with Gasteiger partial charge in [-0.2, -0.15) is 5.10 Å². The molecule has 5 nitrogen and oxygen atoms in total. The van der Waals surface area contributed by atoms with E-state index in [0.717, 1.165) is 47.2 Å². The zero-order valence-electron chi connectivity index (χ0n) is 13.9. The van der Waals surface area contributed by atoms with Crippen molar-refractivity contribution >= 4 is 28.8 Å². The van der Waals surface area contributed by atoms with Gasteiger partial charge in [-0.15, -0.1) is 0 Å². The van der Waals surface area contributed by atoms with Gasteiger partial charge in [-0.25, -0.2) is 0 Å². The molecule has 0 atom stereocenters. The fraction of sp³-hybridized carbons (Fsp3) is 0.333. The third-order valence-corrected chi connectivity index (χ3v) is 4.48. The molecule has 6 heteroatoms. The molecule has 0 fully saturated rings. The molecule has 0 saturated carbocycles. The monoisotopic (exact) mass is 344 g/mol. The van der Waals surface area contributed by atoms with Crippen LogP contribution in [0.2, 0.25) is 5.02 Å². The third kappa shape index (κ3) is 3.86. The molecule has 0 bridgehead atoms. The van der Waals surface area contributed by atoms with E-state index in [1.165, 1.54) is 5.57 Å². The number of amides is 1. The number of anilines is 1. The second kappa shape index (κ2) is 7.20. The number of carbonyl (C=O) groups excluding carboxylic acids is 1. The normalized spacial score (nSPS) is 15.2. The van der Waals surface area contributed by atoms with E-state index in [-0.39, 0.29) is 5.91 Å². The summed E-state index contributed by atoms with van der Waals surface area (Å²) in [5.74, 6) is -0.0118. The van der Waals surface area contributed by atoms with Crippen molar-refractivity contribution in [2.24, 2.45) is 0 Å². The number of nitrogens with one attached hydrogen (secondary N) is 2. The van der Waals surface area contributed by atoms with Crippen molar-refractivity contribution in [3.05, 3.63) is 52.3 Å². The summed E-state index contributed by atoms with van der Waals surface area (Å²) in [7, 11) is 0. The molecule has 0 aliphatic carbocycles. The summed E-state index contributed by atoms with van der Waals surface area (Å²) in [5.41, 5.74) is 4.92. The van der Waals surface area contributed by atoms with Crippen LogP contribution in [-0.4, -0.2) is 40.6 Å². The van der Waals surface area contributed by atoms with E-state index in [1.807, 2.05) is 32.0 Å². The molecule has 1 aromatic heterocycles. The van der Waals surface area contributed by atoms with Crippen molar-refractivity contribution in [3.63, 3.8) is 0 Å². The maximum Gasteiger partial charge on any atom is 0.238 e. The molecular weight excluding hydrogens is 324 g/mol. The molecule has 2 aromatic rings. The quantitative estimate of drug-likeness (QED) is 0.893. The number of carbonyl (C=O) groups is 1. The van der Waals surface area contributed by atoms with Crippen molar-refractivity contribution in [2.75, 3.05) is 25.0 Å². The van der Waals surface area contributed by atoms with Gasteiger partial charge in [-0.3, -0.25) is 14.8 Å². The largest absolute Gasteiger partial charge is 0.322 e. The summed E-state index contributed by atoms with van der Waals surface area (Å²) in [6, 6.07) is 7.91. The molecule has 1 amide bonds. The molecule has 1 aliphatic heterocycles. The van der Waals surface area contributed by atoms with Crippen molar-refractivity contribution in [2.45, 2.75) is 20.3 Å². The number of halogens is 1. The van der Waals surface area contributed by atoms with E-state index in [0.29, 0.717) is 6.54 Å². The number of benzene rings is 1. The molecule has 0 saturated heterocycles. The predicted molar refractivity (Wildman–Crippen MR) is 97.2 cm³/mol. The molecule has 126 valence electrons. The Hall–Kier alpha value is -2.11. The van der Waals surface area contributed by atoms with Crippen LogP contribution in [0.3, 0.4) is 0 Å². The second-order valence-electron chi connectivity index (χ2n) is 6.08. The van der Waals surface area contributed by atoms with Crippen molar-refractivity contribution in [1.29, 1.82) is 0 Å². The van der Waals surface area contributed by atoms with Crippen molar-refractivity contribution in [3.8, 4) is 0 Å². The Kier molecular flexibility index (Phi) is 5.02. The van der Waals surface area contributed by atoms with Crippen LogP contribution in [0.1, 0.15) is 23.4 Å². The molecule has 2 N–H and O–H groups in total. The van der Waals surface area contributed by atoms with E-state index in [9.17, 15) is 4.79 Å². The molecule has 0 spiro atoms. The zero-order chi connectivity index (χ0) is 17.1. The first-order valence-electron chi connectivity index (χ1n) is 8.01. The van der Waals surface area contributed by atoms with Gasteiger partial charge in [-0.05, 0) is 43.5 Å². The highest BCUT2D eigenvalue weighted by Crippen LogP contribution is 2.24. The summed E-state index contributed by atoms with van der Waals surface area (Å²) in [5, 5.41) is 10.7. The van der Waals surface area contributed by atoms with Gasteiger partial charge < -0.3 is 5.32 Å². The average Bonchev–Trinajstić information content (AvgIpc) is 2.87. The van der Waals surface area contributed by atoms with Crippen LogP contribution in [0.4, 0.5) is 5.69 Å². The van der Waals surface area contributed by atoms with Crippen LogP contribution in [0.25, 0.3) is 5.57 Å². The predicted octanol–water partition coefficient (Wildman–Crippen LogP) is 3.41. The zero-order valence-corrected chi connectivity index (χ0v) is 14.7. The number of rotatable bonds is 4. The van der Waals surface area contributed by atoms with Crippen LogP contribution >= 0.6 is 11.6 Å². The van der Waals surface area contributed by atoms with E-state index < -0.39 is 0 Å². The van der Waals surface area contributed by atoms with Crippen LogP contribution in [0.15, 0.2) is 30.3 Å². The van der Waals surface area contributed by atoms with Gasteiger partial charge in [0.15, 0.2) is 0 Å². The van der Waals surface area contributed by atoms with Gasteiger partial charge >= 0.3 is 0 Å². The first kappa shape index (κ1) is 16.7. The van der Waals surface area contributed by atoms with Crippen LogP contribution in [-0.2, 0) is 4.79 Å². The second-order valence-corrected chi connectivity index (χ2v) is 6.52. The fourth-order valence-electron chi connectivity index (χ4n) is 2.92. The highest BCUT2D eigenvalue weighted by Gasteiger charge is 2.17. The molecule has 1 aliphatic rings. The van der Waals surface area contributed by atoms with E-state index in [1.54, 1.807) is 0 Å². The van der Waals surface area contributed by atoms with Gasteiger partial charge in [0.05, 0.1) is 23.6 Å². The minimum absolute atomic E-state index is 0.0118. The lowest BCUT2D eigenvalue weighted by atomic mass is 9.99. The van der Waals surface area contributed by atoms with Crippen molar-refractivity contribution < 1.29 is 4.79 Å². The molecule has 3 rings (SSSR count). The Balaban J connectivity index is 1.58. The molecule has 2 heterocycles. The first-order valence-corrected chi connectivity index (χ1v) is 8.39. The number of aromatic nitrogens is 2. The Morgan fingerprint density at radius 3 is 2.88 bits per heavy atom. The van der Waals surface area contributed by atoms with Crippen molar-refractivity contribution in [1.82, 2.24) is 15.1 Å². The first-order chi connectivity index (χ1) is 11.5. The number of aromatic amines is 1. The lowest BCUT2D eigenvalue weighted by molar-refractivity contribution is -0.117. The van der Waals surface area contributed by atoms with Crippen LogP contribution in [0, 0.1) is 13.8 Å². The SMILES string of the molecule is Cc1n[nH]c(C)c1NC(=O)CN1CC=C(c2cccc(Cl)c2)CC1. The van der Waals surface area contributed by atoms with Gasteiger partial charge in [-0.1, -0.05) is 29.8 Å². The lowest BCUT2D eigenvalue weighted by Crippen LogP contribution is -2.36. The van der Waals surface area contributed by atoms with Gasteiger partial charge in [0.2, 0.25) is 5.91 Å². The summed E-state index contributed by atoms with van der Waals surface area (Å²) < 4.78 is 0. The van der Waals surface area contributed by atoms with E-state index in [4.69, 9.17) is 11.6 Å². The minimum atomic E-state index is -0.0118. The minimum Gasteiger partial charge on any atom is -0.322 e. The Bertz CT molecular complexity index is 762. The van der Waals surface area contributed by atoms with Crippen LogP contribution in [0.5, 0.6) is 0 Å². The highest BCUT2D eigenvalue weighted by atomic mass is 35.5. The number of hydrogen-bond donors (Lipinski definition) is 2. The molecule has 0 unspecified atom stereocenters. The summed E-state index contributed by atoms with van der Waals surface area (Å²) >= 11 is 6.06. The number of hydrogen-bond acceptors (Lipinski definition) is 3.